The maximum absolute atomic E-state index is 12.9. The molecule has 2 aromatic rings. The Morgan fingerprint density at radius 1 is 1.09 bits per heavy atom. The van der Waals surface area contributed by atoms with Gasteiger partial charge in [0.25, 0.3) is 0 Å². The van der Waals surface area contributed by atoms with Crippen LogP contribution in [0.25, 0.3) is 0 Å². The molecule has 3 N–H and O–H groups in total. The van der Waals surface area contributed by atoms with E-state index in [0.717, 1.165) is 81.6 Å². The van der Waals surface area contributed by atoms with Crippen LogP contribution in [-0.2, 0) is 16.0 Å². The van der Waals surface area contributed by atoms with Crippen molar-refractivity contribution in [2.24, 2.45) is 11.3 Å². The summed E-state index contributed by atoms with van der Waals surface area (Å²) in [5, 5.41) is 16.0. The predicted octanol–water partition coefficient (Wildman–Crippen LogP) is 4.49. The molecule has 1 saturated heterocycles. The van der Waals surface area contributed by atoms with Gasteiger partial charge in [-0.3, -0.25) is 4.79 Å². The van der Waals surface area contributed by atoms with Crippen molar-refractivity contribution in [1.29, 1.82) is 0 Å². The highest BCUT2D eigenvalue weighted by molar-refractivity contribution is 5.87. The molecule has 7 nitrogen and oxygen atoms in total. The highest BCUT2D eigenvalue weighted by Crippen LogP contribution is 2.36. The number of benzene rings is 1. The van der Waals surface area contributed by atoms with Crippen molar-refractivity contribution < 1.29 is 14.7 Å². The second-order valence-electron chi connectivity index (χ2n) is 10.4. The van der Waals surface area contributed by atoms with Gasteiger partial charge in [-0.15, -0.1) is 0 Å². The summed E-state index contributed by atoms with van der Waals surface area (Å²) in [5.41, 5.74) is 1.63. The number of piperidine rings is 1. The number of rotatable bonds is 9. The third kappa shape index (κ3) is 6.74. The number of amides is 1. The molecule has 7 heteroatoms. The zero-order chi connectivity index (χ0) is 24.7. The number of pyridine rings is 1. The van der Waals surface area contributed by atoms with E-state index in [4.69, 9.17) is 0 Å². The summed E-state index contributed by atoms with van der Waals surface area (Å²) in [7, 11) is 0. The molecule has 1 aliphatic carbocycles. The van der Waals surface area contributed by atoms with Gasteiger partial charge in [0.15, 0.2) is 0 Å². The average Bonchev–Trinajstić information content (AvgIpc) is 2.89. The summed E-state index contributed by atoms with van der Waals surface area (Å²) < 4.78 is 0. The van der Waals surface area contributed by atoms with Crippen LogP contribution in [-0.4, -0.2) is 47.6 Å². The largest absolute Gasteiger partial charge is 0.480 e. The minimum absolute atomic E-state index is 0.123. The standard InChI is InChI=1S/C28H38N4O3/c1-28(14-4-2-5-15-28)27(35)31-24(26(33)34)19-21-8-10-23(11-9-21)32-17-12-22(13-18-32)20-30-25-7-3-6-16-29-25/h3,6-11,16,22,24H,2,4-5,12-15,17-20H2,1H3,(H,29,30)(H,31,35)(H,33,34). The third-order valence-electron chi connectivity index (χ3n) is 7.70. The molecule has 2 heterocycles. The van der Waals surface area contributed by atoms with Crippen molar-refractivity contribution in [1.82, 2.24) is 10.3 Å². The highest BCUT2D eigenvalue weighted by atomic mass is 16.4. The molecule has 0 radical (unpaired) electrons. The quantitative estimate of drug-likeness (QED) is 0.492. The molecule has 1 amide bonds. The van der Waals surface area contributed by atoms with E-state index in [1.54, 1.807) is 6.20 Å². The summed E-state index contributed by atoms with van der Waals surface area (Å²) in [4.78, 5) is 31.5. The highest BCUT2D eigenvalue weighted by Gasteiger charge is 2.36. The molecule has 1 aromatic carbocycles. The molecule has 1 aliphatic heterocycles. The lowest BCUT2D eigenvalue weighted by Crippen LogP contribution is -2.49. The van der Waals surface area contributed by atoms with Gasteiger partial charge in [0.05, 0.1) is 0 Å². The van der Waals surface area contributed by atoms with Crippen LogP contribution in [0.1, 0.15) is 57.4 Å². The fourth-order valence-electron chi connectivity index (χ4n) is 5.28. The first kappa shape index (κ1) is 25.0. The Morgan fingerprint density at radius 3 is 2.43 bits per heavy atom. The fraction of sp³-hybridized carbons (Fsp3) is 0.536. The number of carboxylic acid groups (broad SMARTS) is 1. The van der Waals surface area contributed by atoms with Gasteiger partial charge in [0, 0.05) is 43.4 Å². The number of hydrogen-bond acceptors (Lipinski definition) is 5. The van der Waals surface area contributed by atoms with Crippen LogP contribution in [0, 0.1) is 11.3 Å². The average molecular weight is 479 g/mol. The molecule has 1 aromatic heterocycles. The van der Waals surface area contributed by atoms with E-state index < -0.39 is 17.4 Å². The summed E-state index contributed by atoms with van der Waals surface area (Å²) in [6.45, 7) is 4.90. The lowest BCUT2D eigenvalue weighted by Gasteiger charge is -2.34. The van der Waals surface area contributed by atoms with Gasteiger partial charge in [-0.2, -0.15) is 0 Å². The second-order valence-corrected chi connectivity index (χ2v) is 10.4. The Bertz CT molecular complexity index is 965. The first-order valence-corrected chi connectivity index (χ1v) is 13.0. The molecule has 35 heavy (non-hydrogen) atoms. The maximum Gasteiger partial charge on any atom is 0.326 e. The van der Waals surface area contributed by atoms with Crippen molar-refractivity contribution in [3.8, 4) is 0 Å². The van der Waals surface area contributed by atoms with Gasteiger partial charge >= 0.3 is 5.97 Å². The molecule has 2 fully saturated rings. The molecular weight excluding hydrogens is 440 g/mol. The Labute approximate surface area is 208 Å². The van der Waals surface area contributed by atoms with Crippen LogP contribution < -0.4 is 15.5 Å². The van der Waals surface area contributed by atoms with Crippen molar-refractivity contribution in [3.63, 3.8) is 0 Å². The number of carbonyl (C=O) groups is 2. The predicted molar refractivity (Wildman–Crippen MR) is 139 cm³/mol. The molecule has 1 atom stereocenters. The summed E-state index contributed by atoms with van der Waals surface area (Å²) >= 11 is 0. The van der Waals surface area contributed by atoms with Crippen LogP contribution in [0.4, 0.5) is 11.5 Å². The topological polar surface area (TPSA) is 94.6 Å². The van der Waals surface area contributed by atoms with Gasteiger partial charge < -0.3 is 20.6 Å². The molecule has 4 rings (SSSR count). The van der Waals surface area contributed by atoms with Gasteiger partial charge in [0.1, 0.15) is 11.9 Å². The molecular formula is C28H38N4O3. The molecule has 0 bridgehead atoms. The summed E-state index contributed by atoms with van der Waals surface area (Å²) in [5.74, 6) is 0.442. The van der Waals surface area contributed by atoms with Crippen LogP contribution in [0.2, 0.25) is 0 Å². The SMILES string of the molecule is CC1(C(=O)NC(Cc2ccc(N3CCC(CNc4ccccn4)CC3)cc2)C(=O)O)CCCCC1. The number of anilines is 2. The lowest BCUT2D eigenvalue weighted by atomic mass is 9.75. The molecule has 0 spiro atoms. The van der Waals surface area contributed by atoms with Gasteiger partial charge in [-0.05, 0) is 61.4 Å². The second kappa shape index (κ2) is 11.6. The van der Waals surface area contributed by atoms with E-state index >= 15 is 0 Å². The first-order valence-electron chi connectivity index (χ1n) is 13.0. The number of carboxylic acids is 1. The van der Waals surface area contributed by atoms with E-state index in [0.29, 0.717) is 12.3 Å². The van der Waals surface area contributed by atoms with E-state index in [1.807, 2.05) is 37.3 Å². The Kier molecular flexibility index (Phi) is 8.26. The molecule has 188 valence electrons. The van der Waals surface area contributed by atoms with E-state index in [2.05, 4.69) is 32.7 Å². The number of hydrogen-bond donors (Lipinski definition) is 3. The Balaban J connectivity index is 1.27. The van der Waals surface area contributed by atoms with Crippen molar-refractivity contribution in [2.75, 3.05) is 29.9 Å². The minimum Gasteiger partial charge on any atom is -0.480 e. The van der Waals surface area contributed by atoms with Crippen LogP contribution >= 0.6 is 0 Å². The number of nitrogens with one attached hydrogen (secondary N) is 2. The van der Waals surface area contributed by atoms with E-state index in [1.165, 1.54) is 0 Å². The van der Waals surface area contributed by atoms with Gasteiger partial charge in [0.2, 0.25) is 5.91 Å². The van der Waals surface area contributed by atoms with Crippen molar-refractivity contribution in [2.45, 2.75) is 64.3 Å². The Morgan fingerprint density at radius 2 is 1.80 bits per heavy atom. The zero-order valence-electron chi connectivity index (χ0n) is 20.7. The third-order valence-corrected chi connectivity index (χ3v) is 7.70. The summed E-state index contributed by atoms with van der Waals surface area (Å²) in [6.07, 6.45) is 9.20. The number of carbonyl (C=O) groups excluding carboxylic acids is 1. The Hall–Kier alpha value is -3.09. The molecule has 1 saturated carbocycles. The van der Waals surface area contributed by atoms with E-state index in [9.17, 15) is 14.7 Å². The van der Waals surface area contributed by atoms with Crippen molar-refractivity contribution >= 4 is 23.4 Å². The lowest BCUT2D eigenvalue weighted by molar-refractivity contribution is -0.144. The number of aromatic nitrogens is 1. The van der Waals surface area contributed by atoms with Crippen molar-refractivity contribution in [3.05, 3.63) is 54.2 Å². The van der Waals surface area contributed by atoms with Gasteiger partial charge in [-0.1, -0.05) is 44.4 Å². The number of aliphatic carboxylic acids is 1. The zero-order valence-corrected chi connectivity index (χ0v) is 20.7. The monoisotopic (exact) mass is 478 g/mol. The minimum atomic E-state index is -0.983. The summed E-state index contributed by atoms with van der Waals surface area (Å²) in [6, 6.07) is 13.1. The van der Waals surface area contributed by atoms with Crippen LogP contribution in [0.5, 0.6) is 0 Å². The van der Waals surface area contributed by atoms with Gasteiger partial charge in [-0.25, -0.2) is 9.78 Å². The first-order chi connectivity index (χ1) is 16.9. The normalized spacial score (nSPS) is 19.1. The van der Waals surface area contributed by atoms with Crippen LogP contribution in [0.15, 0.2) is 48.7 Å². The smallest absolute Gasteiger partial charge is 0.326 e. The number of nitrogens with zero attached hydrogens (tertiary/aromatic N) is 2. The molecule has 1 unspecified atom stereocenters. The van der Waals surface area contributed by atoms with E-state index in [-0.39, 0.29) is 5.91 Å². The maximum atomic E-state index is 12.9. The molecule has 2 aliphatic rings. The fourth-order valence-corrected chi connectivity index (χ4v) is 5.28. The van der Waals surface area contributed by atoms with Crippen LogP contribution in [0.3, 0.4) is 0 Å².